The molecule has 98 valence electrons. The summed E-state index contributed by atoms with van der Waals surface area (Å²) >= 11 is 3.32. The molecular formula is C12H13BrO5. The fourth-order valence-electron chi connectivity index (χ4n) is 1.76. The Morgan fingerprint density at radius 1 is 1.61 bits per heavy atom. The van der Waals surface area contributed by atoms with E-state index in [1.54, 1.807) is 13.0 Å². The van der Waals surface area contributed by atoms with Crippen LogP contribution in [0.2, 0.25) is 0 Å². The van der Waals surface area contributed by atoms with Crippen LogP contribution in [0, 0.1) is 0 Å². The van der Waals surface area contributed by atoms with Crippen LogP contribution in [0.4, 0.5) is 0 Å². The van der Waals surface area contributed by atoms with E-state index < -0.39 is 12.1 Å². The molecule has 0 saturated heterocycles. The van der Waals surface area contributed by atoms with Crippen LogP contribution in [-0.2, 0) is 20.9 Å². The lowest BCUT2D eigenvalue weighted by Gasteiger charge is -2.22. The molecule has 0 bridgehead atoms. The van der Waals surface area contributed by atoms with Gasteiger partial charge < -0.3 is 19.3 Å². The fraction of sp³-hybridized carbons (Fsp3) is 0.417. The van der Waals surface area contributed by atoms with Crippen molar-refractivity contribution < 1.29 is 24.1 Å². The lowest BCUT2D eigenvalue weighted by atomic mass is 10.0. The zero-order chi connectivity index (χ0) is 13.1. The highest BCUT2D eigenvalue weighted by Gasteiger charge is 2.26. The van der Waals surface area contributed by atoms with E-state index in [2.05, 4.69) is 15.9 Å². The molecule has 0 amide bonds. The standard InChI is InChI=1S/C12H13BrO5/c1-2-17-12(15)10(14)9-4-8(13)3-7-5-16-6-18-11(7)9/h3-4,10,14H,2,5-6H2,1H3. The molecule has 1 N–H and O–H groups in total. The van der Waals surface area contributed by atoms with Crippen LogP contribution < -0.4 is 4.74 Å². The molecule has 5 nitrogen and oxygen atoms in total. The number of aliphatic hydroxyl groups is 1. The van der Waals surface area contributed by atoms with E-state index in [1.807, 2.05) is 6.07 Å². The van der Waals surface area contributed by atoms with E-state index in [-0.39, 0.29) is 13.4 Å². The highest BCUT2D eigenvalue weighted by molar-refractivity contribution is 9.10. The van der Waals surface area contributed by atoms with Gasteiger partial charge in [-0.1, -0.05) is 15.9 Å². The van der Waals surface area contributed by atoms with Gasteiger partial charge >= 0.3 is 5.97 Å². The SMILES string of the molecule is CCOC(=O)C(O)c1cc(Br)cc2c1OCOC2. The Morgan fingerprint density at radius 3 is 3.11 bits per heavy atom. The second-order valence-corrected chi connectivity index (χ2v) is 4.66. The highest BCUT2D eigenvalue weighted by Crippen LogP contribution is 2.35. The van der Waals surface area contributed by atoms with Crippen molar-refractivity contribution in [3.8, 4) is 5.75 Å². The minimum Gasteiger partial charge on any atom is -0.467 e. The van der Waals surface area contributed by atoms with Crippen molar-refractivity contribution in [2.24, 2.45) is 0 Å². The monoisotopic (exact) mass is 316 g/mol. The molecule has 1 aromatic carbocycles. The number of rotatable bonds is 3. The zero-order valence-corrected chi connectivity index (χ0v) is 11.4. The molecule has 1 aliphatic heterocycles. The van der Waals surface area contributed by atoms with E-state index in [0.717, 1.165) is 10.0 Å². The molecule has 1 aliphatic rings. The van der Waals surface area contributed by atoms with Gasteiger partial charge in [-0.2, -0.15) is 0 Å². The summed E-state index contributed by atoms with van der Waals surface area (Å²) in [6.45, 7) is 2.40. The Morgan fingerprint density at radius 2 is 2.39 bits per heavy atom. The van der Waals surface area contributed by atoms with Crippen molar-refractivity contribution in [3.05, 3.63) is 27.7 Å². The Kier molecular flexibility index (Phi) is 4.21. The van der Waals surface area contributed by atoms with Crippen LogP contribution in [0.15, 0.2) is 16.6 Å². The largest absolute Gasteiger partial charge is 0.467 e. The van der Waals surface area contributed by atoms with E-state index in [4.69, 9.17) is 14.2 Å². The number of ether oxygens (including phenoxy) is 3. The van der Waals surface area contributed by atoms with Crippen molar-refractivity contribution in [1.29, 1.82) is 0 Å². The predicted octanol–water partition coefficient (Wildman–Crippen LogP) is 1.91. The second kappa shape index (κ2) is 5.69. The fourth-order valence-corrected chi connectivity index (χ4v) is 2.28. The number of esters is 1. The van der Waals surface area contributed by atoms with Crippen molar-refractivity contribution >= 4 is 21.9 Å². The topological polar surface area (TPSA) is 65.0 Å². The van der Waals surface area contributed by atoms with Gasteiger partial charge in [-0.25, -0.2) is 4.79 Å². The van der Waals surface area contributed by atoms with Gasteiger partial charge in [-0.3, -0.25) is 0 Å². The third kappa shape index (κ3) is 2.66. The Hall–Kier alpha value is -1.11. The summed E-state index contributed by atoms with van der Waals surface area (Å²) in [5, 5.41) is 9.98. The van der Waals surface area contributed by atoms with Gasteiger partial charge in [0.05, 0.1) is 13.2 Å². The molecule has 0 aliphatic carbocycles. The smallest absolute Gasteiger partial charge is 0.339 e. The first-order valence-corrected chi connectivity index (χ1v) is 6.30. The van der Waals surface area contributed by atoms with Crippen LogP contribution in [-0.4, -0.2) is 24.5 Å². The Labute approximate surface area is 113 Å². The first-order chi connectivity index (χ1) is 8.63. The number of hydrogen-bond acceptors (Lipinski definition) is 5. The lowest BCUT2D eigenvalue weighted by molar-refractivity contribution is -0.153. The summed E-state index contributed by atoms with van der Waals surface area (Å²) in [4.78, 5) is 11.6. The maximum Gasteiger partial charge on any atom is 0.339 e. The molecule has 0 saturated carbocycles. The van der Waals surface area contributed by atoms with Gasteiger partial charge in [-0.15, -0.1) is 0 Å². The molecule has 2 rings (SSSR count). The number of benzene rings is 1. The van der Waals surface area contributed by atoms with Crippen molar-refractivity contribution in [2.45, 2.75) is 19.6 Å². The summed E-state index contributed by atoms with van der Waals surface area (Å²) < 4.78 is 16.0. The summed E-state index contributed by atoms with van der Waals surface area (Å²) in [6.07, 6.45) is -1.35. The first-order valence-electron chi connectivity index (χ1n) is 5.51. The van der Waals surface area contributed by atoms with Crippen LogP contribution in [0.5, 0.6) is 5.75 Å². The first kappa shape index (κ1) is 13.3. The quantitative estimate of drug-likeness (QED) is 0.863. The molecule has 0 radical (unpaired) electrons. The summed E-state index contributed by atoms with van der Waals surface area (Å²) in [7, 11) is 0. The molecule has 1 aromatic rings. The molecule has 0 aromatic heterocycles. The van der Waals surface area contributed by atoms with Gasteiger partial charge in [0.25, 0.3) is 0 Å². The van der Waals surface area contributed by atoms with Crippen LogP contribution >= 0.6 is 15.9 Å². The van der Waals surface area contributed by atoms with E-state index in [0.29, 0.717) is 17.9 Å². The summed E-state index contributed by atoms with van der Waals surface area (Å²) in [5.41, 5.74) is 1.18. The van der Waals surface area contributed by atoms with Crippen LogP contribution in [0.25, 0.3) is 0 Å². The van der Waals surface area contributed by atoms with Crippen molar-refractivity contribution in [1.82, 2.24) is 0 Å². The van der Waals surface area contributed by atoms with Gasteiger partial charge in [0.1, 0.15) is 5.75 Å². The summed E-state index contributed by atoms with van der Waals surface area (Å²) in [5.74, 6) is -0.196. The number of hydrogen-bond donors (Lipinski definition) is 1. The number of halogens is 1. The van der Waals surface area contributed by atoms with Crippen molar-refractivity contribution in [3.63, 3.8) is 0 Å². The third-order valence-corrected chi connectivity index (χ3v) is 2.97. The maximum absolute atomic E-state index is 11.6. The summed E-state index contributed by atoms with van der Waals surface area (Å²) in [6, 6.07) is 3.47. The van der Waals surface area contributed by atoms with Crippen molar-refractivity contribution in [2.75, 3.05) is 13.4 Å². The number of fused-ring (bicyclic) bond motifs is 1. The molecular weight excluding hydrogens is 304 g/mol. The predicted molar refractivity (Wildman–Crippen MR) is 66.0 cm³/mol. The molecule has 1 heterocycles. The normalized spacial score (nSPS) is 15.5. The average Bonchev–Trinajstić information content (AvgIpc) is 2.37. The minimum atomic E-state index is -1.35. The van der Waals surface area contributed by atoms with Crippen LogP contribution in [0.1, 0.15) is 24.2 Å². The molecule has 18 heavy (non-hydrogen) atoms. The van der Waals surface area contributed by atoms with Gasteiger partial charge in [0.2, 0.25) is 0 Å². The molecule has 0 spiro atoms. The zero-order valence-electron chi connectivity index (χ0n) is 9.81. The molecule has 1 atom stereocenters. The highest BCUT2D eigenvalue weighted by atomic mass is 79.9. The maximum atomic E-state index is 11.6. The minimum absolute atomic E-state index is 0.108. The number of carbonyl (C=O) groups is 1. The number of carbonyl (C=O) groups excluding carboxylic acids is 1. The lowest BCUT2D eigenvalue weighted by Crippen LogP contribution is -2.19. The van der Waals surface area contributed by atoms with E-state index in [1.165, 1.54) is 0 Å². The van der Waals surface area contributed by atoms with E-state index in [9.17, 15) is 9.90 Å². The van der Waals surface area contributed by atoms with Crippen LogP contribution in [0.3, 0.4) is 0 Å². The second-order valence-electron chi connectivity index (χ2n) is 3.75. The van der Waals surface area contributed by atoms with Gasteiger partial charge in [0.15, 0.2) is 12.9 Å². The number of aliphatic hydroxyl groups excluding tert-OH is 1. The van der Waals surface area contributed by atoms with E-state index >= 15 is 0 Å². The average molecular weight is 317 g/mol. The van der Waals surface area contributed by atoms with Gasteiger partial charge in [0, 0.05) is 15.6 Å². The molecule has 1 unspecified atom stereocenters. The van der Waals surface area contributed by atoms with Gasteiger partial charge in [-0.05, 0) is 19.1 Å². The third-order valence-electron chi connectivity index (χ3n) is 2.51. The molecule has 6 heteroatoms. The Balaban J connectivity index is 2.37. The Bertz CT molecular complexity index is 460. The molecule has 0 fully saturated rings.